The predicted molar refractivity (Wildman–Crippen MR) is 86.9 cm³/mol. The summed E-state index contributed by atoms with van der Waals surface area (Å²) < 4.78 is 2.41. The Morgan fingerprint density at radius 1 is 1.22 bits per heavy atom. The van der Waals surface area contributed by atoms with Gasteiger partial charge in [-0.3, -0.25) is 0 Å². The van der Waals surface area contributed by atoms with Crippen molar-refractivity contribution in [3.63, 3.8) is 0 Å². The second-order valence-electron chi connectivity index (χ2n) is 4.18. The summed E-state index contributed by atoms with van der Waals surface area (Å²) in [5.41, 5.74) is 10.1. The molecule has 18 heavy (non-hydrogen) atoms. The van der Waals surface area contributed by atoms with Crippen LogP contribution >= 0.6 is 33.9 Å². The number of aromatic nitrogens is 1. The van der Waals surface area contributed by atoms with Crippen LogP contribution in [0, 0.1) is 10.5 Å². The van der Waals surface area contributed by atoms with Crippen molar-refractivity contribution in [1.29, 1.82) is 0 Å². The van der Waals surface area contributed by atoms with Gasteiger partial charge in [-0.15, -0.1) is 11.3 Å². The lowest BCUT2D eigenvalue weighted by Crippen LogP contribution is -1.85. The molecule has 0 saturated carbocycles. The zero-order chi connectivity index (χ0) is 12.7. The van der Waals surface area contributed by atoms with Crippen LogP contribution in [0.5, 0.6) is 0 Å². The second-order valence-corrected chi connectivity index (χ2v) is 6.29. The Morgan fingerprint density at radius 2 is 2.06 bits per heavy atom. The van der Waals surface area contributed by atoms with Crippen LogP contribution in [0.2, 0.25) is 0 Å². The minimum Gasteiger partial charge on any atom is -0.399 e. The number of fused-ring (bicyclic) bond motifs is 1. The molecule has 0 aliphatic heterocycles. The minimum absolute atomic E-state index is 0.789. The first-order valence-electron chi connectivity index (χ1n) is 5.57. The van der Waals surface area contributed by atoms with E-state index in [2.05, 4.69) is 52.7 Å². The number of aryl methyl sites for hydroxylation is 1. The predicted octanol–water partition coefficient (Wildman–Crippen LogP) is 4.46. The SMILES string of the molecule is Cc1cccc(-c2nc3ccc(N)cc3s2)c1I. The van der Waals surface area contributed by atoms with Crippen LogP contribution in [0.4, 0.5) is 5.69 Å². The number of halogens is 1. The van der Waals surface area contributed by atoms with E-state index in [9.17, 15) is 0 Å². The molecular formula is C14H11IN2S. The molecule has 0 amide bonds. The highest BCUT2D eigenvalue weighted by Crippen LogP contribution is 2.34. The Kier molecular flexibility index (Phi) is 2.99. The molecule has 0 unspecified atom stereocenters. The van der Waals surface area contributed by atoms with Gasteiger partial charge in [-0.25, -0.2) is 4.98 Å². The molecule has 2 aromatic carbocycles. The molecule has 0 radical (unpaired) electrons. The third kappa shape index (κ3) is 1.99. The largest absolute Gasteiger partial charge is 0.399 e. The highest BCUT2D eigenvalue weighted by atomic mass is 127. The van der Waals surface area contributed by atoms with Crippen molar-refractivity contribution in [2.75, 3.05) is 5.73 Å². The highest BCUT2D eigenvalue weighted by Gasteiger charge is 2.10. The van der Waals surface area contributed by atoms with Crippen molar-refractivity contribution in [3.8, 4) is 10.6 Å². The Bertz CT molecular complexity index is 734. The van der Waals surface area contributed by atoms with Gasteiger partial charge < -0.3 is 5.73 Å². The van der Waals surface area contributed by atoms with E-state index >= 15 is 0 Å². The monoisotopic (exact) mass is 366 g/mol. The van der Waals surface area contributed by atoms with Gasteiger partial charge in [0.1, 0.15) is 5.01 Å². The van der Waals surface area contributed by atoms with Gasteiger partial charge in [0, 0.05) is 14.8 Å². The van der Waals surface area contributed by atoms with Crippen LogP contribution in [-0.4, -0.2) is 4.98 Å². The quantitative estimate of drug-likeness (QED) is 0.510. The lowest BCUT2D eigenvalue weighted by atomic mass is 10.1. The summed E-state index contributed by atoms with van der Waals surface area (Å²) in [7, 11) is 0. The fourth-order valence-corrected chi connectivity index (χ4v) is 3.71. The van der Waals surface area contributed by atoms with E-state index in [-0.39, 0.29) is 0 Å². The number of hydrogen-bond donors (Lipinski definition) is 1. The zero-order valence-electron chi connectivity index (χ0n) is 9.77. The number of anilines is 1. The Labute approximate surface area is 123 Å². The maximum Gasteiger partial charge on any atom is 0.125 e. The standard InChI is InChI=1S/C14H11IN2S/c1-8-3-2-4-10(13(8)15)14-17-11-6-5-9(16)7-12(11)18-14/h2-7H,16H2,1H3. The highest BCUT2D eigenvalue weighted by molar-refractivity contribution is 14.1. The molecule has 0 spiro atoms. The molecule has 3 aromatic rings. The minimum atomic E-state index is 0.789. The fourth-order valence-electron chi connectivity index (χ4n) is 1.87. The molecule has 2 nitrogen and oxygen atoms in total. The van der Waals surface area contributed by atoms with Crippen molar-refractivity contribution >= 4 is 49.8 Å². The van der Waals surface area contributed by atoms with Crippen molar-refractivity contribution in [2.45, 2.75) is 6.92 Å². The molecule has 0 aliphatic carbocycles. The topological polar surface area (TPSA) is 38.9 Å². The Morgan fingerprint density at radius 3 is 2.89 bits per heavy atom. The van der Waals surface area contributed by atoms with Gasteiger partial charge in [-0.2, -0.15) is 0 Å². The second kappa shape index (κ2) is 4.51. The van der Waals surface area contributed by atoms with Crippen LogP contribution in [0.1, 0.15) is 5.56 Å². The molecular weight excluding hydrogens is 355 g/mol. The number of hydrogen-bond acceptors (Lipinski definition) is 3. The van der Waals surface area contributed by atoms with Crippen LogP contribution in [0.3, 0.4) is 0 Å². The molecule has 0 bridgehead atoms. The van der Waals surface area contributed by atoms with Gasteiger partial charge in [0.15, 0.2) is 0 Å². The lowest BCUT2D eigenvalue weighted by molar-refractivity contribution is 1.40. The normalized spacial score (nSPS) is 11.0. The summed E-state index contributed by atoms with van der Waals surface area (Å²) >= 11 is 4.07. The lowest BCUT2D eigenvalue weighted by Gasteiger charge is -2.02. The van der Waals surface area contributed by atoms with Crippen LogP contribution < -0.4 is 5.73 Å². The summed E-state index contributed by atoms with van der Waals surface area (Å²) in [5, 5.41) is 1.06. The third-order valence-electron chi connectivity index (χ3n) is 2.83. The van der Waals surface area contributed by atoms with Crippen molar-refractivity contribution < 1.29 is 0 Å². The molecule has 0 aliphatic rings. The molecule has 1 heterocycles. The van der Waals surface area contributed by atoms with Gasteiger partial charge in [0.05, 0.1) is 10.2 Å². The van der Waals surface area contributed by atoms with E-state index in [0.717, 1.165) is 20.9 Å². The molecule has 3 rings (SSSR count). The molecule has 2 N–H and O–H groups in total. The maximum atomic E-state index is 5.80. The van der Waals surface area contributed by atoms with E-state index in [0.29, 0.717) is 0 Å². The molecule has 0 saturated heterocycles. The van der Waals surface area contributed by atoms with Crippen LogP contribution in [0.15, 0.2) is 36.4 Å². The summed E-state index contributed by atoms with van der Waals surface area (Å²) in [4.78, 5) is 4.68. The summed E-state index contributed by atoms with van der Waals surface area (Å²) in [5.74, 6) is 0. The van der Waals surface area contributed by atoms with Crippen molar-refractivity contribution in [3.05, 3.63) is 45.5 Å². The van der Waals surface area contributed by atoms with Gasteiger partial charge >= 0.3 is 0 Å². The van der Waals surface area contributed by atoms with E-state index in [1.54, 1.807) is 11.3 Å². The average molecular weight is 366 g/mol. The van der Waals surface area contributed by atoms with Crippen LogP contribution in [0.25, 0.3) is 20.8 Å². The van der Waals surface area contributed by atoms with E-state index in [1.807, 2.05) is 18.2 Å². The van der Waals surface area contributed by atoms with Crippen molar-refractivity contribution in [2.24, 2.45) is 0 Å². The molecule has 0 fully saturated rings. The summed E-state index contributed by atoms with van der Waals surface area (Å²) in [6.45, 7) is 2.12. The number of nitrogen functional groups attached to an aromatic ring is 1. The molecule has 0 atom stereocenters. The van der Waals surface area contributed by atoms with Crippen molar-refractivity contribution in [1.82, 2.24) is 4.98 Å². The third-order valence-corrected chi connectivity index (χ3v) is 5.32. The van der Waals surface area contributed by atoms with Crippen LogP contribution in [-0.2, 0) is 0 Å². The van der Waals surface area contributed by atoms with E-state index in [1.165, 1.54) is 14.7 Å². The average Bonchev–Trinajstić information content (AvgIpc) is 2.75. The summed E-state index contributed by atoms with van der Waals surface area (Å²) in [6, 6.07) is 12.2. The van der Waals surface area contributed by atoms with Gasteiger partial charge in [0.25, 0.3) is 0 Å². The summed E-state index contributed by atoms with van der Waals surface area (Å²) in [6.07, 6.45) is 0. The first kappa shape index (κ1) is 11.9. The van der Waals surface area contributed by atoms with Gasteiger partial charge in [-0.05, 0) is 53.3 Å². The number of rotatable bonds is 1. The van der Waals surface area contributed by atoms with E-state index < -0.39 is 0 Å². The Hall–Kier alpha value is -1.14. The zero-order valence-corrected chi connectivity index (χ0v) is 12.7. The first-order chi connectivity index (χ1) is 8.65. The van der Waals surface area contributed by atoms with Gasteiger partial charge in [0.2, 0.25) is 0 Å². The molecule has 4 heteroatoms. The first-order valence-corrected chi connectivity index (χ1v) is 7.46. The fraction of sp³-hybridized carbons (Fsp3) is 0.0714. The van der Waals surface area contributed by atoms with E-state index in [4.69, 9.17) is 5.73 Å². The van der Waals surface area contributed by atoms with Gasteiger partial charge in [-0.1, -0.05) is 18.2 Å². The number of nitrogens with two attached hydrogens (primary N) is 1. The molecule has 90 valence electrons. The number of thiazole rings is 1. The smallest absolute Gasteiger partial charge is 0.125 e. The number of benzene rings is 2. The Balaban J connectivity index is 2.22. The number of nitrogens with zero attached hydrogens (tertiary/aromatic N) is 1. The maximum absolute atomic E-state index is 5.80. The molecule has 1 aromatic heterocycles.